The summed E-state index contributed by atoms with van der Waals surface area (Å²) >= 11 is 0. The minimum atomic E-state index is 0.381. The summed E-state index contributed by atoms with van der Waals surface area (Å²) in [5, 5.41) is 0. The molecule has 17 heavy (non-hydrogen) atoms. The van der Waals surface area contributed by atoms with Crippen molar-refractivity contribution < 1.29 is 4.74 Å². The second-order valence-electron chi connectivity index (χ2n) is 4.49. The molecular weight excluding hydrogens is 210 g/mol. The van der Waals surface area contributed by atoms with E-state index in [0.29, 0.717) is 5.92 Å². The maximum Gasteiger partial charge on any atom is 0.140 e. The van der Waals surface area contributed by atoms with Crippen LogP contribution in [0.5, 0.6) is 0 Å². The van der Waals surface area contributed by atoms with E-state index in [9.17, 15) is 0 Å². The van der Waals surface area contributed by atoms with Crippen molar-refractivity contribution in [2.24, 2.45) is 10.9 Å². The van der Waals surface area contributed by atoms with E-state index in [4.69, 9.17) is 4.74 Å². The molecule has 0 aromatic heterocycles. The Morgan fingerprint density at radius 1 is 1.24 bits per heavy atom. The van der Waals surface area contributed by atoms with Gasteiger partial charge in [-0.25, -0.2) is 0 Å². The molecule has 0 aliphatic rings. The molecule has 0 amide bonds. The van der Waals surface area contributed by atoms with Crippen molar-refractivity contribution in [2.75, 3.05) is 14.2 Å². The molecular formula is C15H27NO. The average Bonchev–Trinajstić information content (AvgIpc) is 2.32. The molecule has 0 heterocycles. The van der Waals surface area contributed by atoms with Crippen LogP contribution in [0, 0.1) is 5.92 Å². The molecule has 0 aromatic carbocycles. The molecule has 0 atom stereocenters. The van der Waals surface area contributed by atoms with Crippen molar-refractivity contribution in [1.82, 2.24) is 0 Å². The quantitative estimate of drug-likeness (QED) is 0.381. The number of allylic oxidation sites excluding steroid dienone is 4. The van der Waals surface area contributed by atoms with Crippen LogP contribution in [0.15, 0.2) is 28.0 Å². The van der Waals surface area contributed by atoms with Gasteiger partial charge < -0.3 is 4.74 Å². The highest BCUT2D eigenvalue weighted by Gasteiger charge is 2.12. The molecule has 0 aliphatic heterocycles. The minimum Gasteiger partial charge on any atom is -0.495 e. The van der Waals surface area contributed by atoms with Gasteiger partial charge in [-0.3, -0.25) is 4.99 Å². The molecule has 2 heteroatoms. The zero-order chi connectivity index (χ0) is 13.4. The lowest BCUT2D eigenvalue weighted by Crippen LogP contribution is -2.12. The Hall–Kier alpha value is -1.05. The minimum absolute atomic E-state index is 0.381. The van der Waals surface area contributed by atoms with E-state index in [2.05, 4.69) is 45.7 Å². The highest BCUT2D eigenvalue weighted by molar-refractivity contribution is 6.00. The number of nitrogens with zero attached hydrogens (tertiary/aromatic N) is 1. The summed E-state index contributed by atoms with van der Waals surface area (Å²) in [4.78, 5) is 4.33. The SMILES string of the molecule is CC/C(C)=C(/C=C(/OC)C(=NC)C(C)C)CC. The molecule has 2 nitrogen and oxygen atoms in total. The van der Waals surface area contributed by atoms with Gasteiger partial charge in [0.05, 0.1) is 12.8 Å². The van der Waals surface area contributed by atoms with Crippen LogP contribution in [0.2, 0.25) is 0 Å². The third-order valence-electron chi connectivity index (χ3n) is 3.02. The molecule has 0 aliphatic carbocycles. The van der Waals surface area contributed by atoms with Crippen LogP contribution in [-0.4, -0.2) is 19.9 Å². The van der Waals surface area contributed by atoms with Gasteiger partial charge in [0.2, 0.25) is 0 Å². The molecule has 0 spiro atoms. The molecule has 0 unspecified atom stereocenters. The summed E-state index contributed by atoms with van der Waals surface area (Å²) in [6, 6.07) is 0. The van der Waals surface area contributed by atoms with Crippen LogP contribution in [-0.2, 0) is 4.74 Å². The monoisotopic (exact) mass is 237 g/mol. The van der Waals surface area contributed by atoms with E-state index in [-0.39, 0.29) is 0 Å². The molecule has 0 saturated heterocycles. The first-order chi connectivity index (χ1) is 8.01. The second-order valence-corrected chi connectivity index (χ2v) is 4.49. The average molecular weight is 237 g/mol. The summed E-state index contributed by atoms with van der Waals surface area (Å²) in [6.07, 6.45) is 4.25. The Morgan fingerprint density at radius 2 is 1.82 bits per heavy atom. The van der Waals surface area contributed by atoms with E-state index < -0.39 is 0 Å². The fourth-order valence-corrected chi connectivity index (χ4v) is 1.80. The van der Waals surface area contributed by atoms with Crippen molar-refractivity contribution in [1.29, 1.82) is 0 Å². The van der Waals surface area contributed by atoms with E-state index in [1.807, 2.05) is 7.05 Å². The molecule has 0 radical (unpaired) electrons. The van der Waals surface area contributed by atoms with Crippen molar-refractivity contribution in [3.63, 3.8) is 0 Å². The summed E-state index contributed by atoms with van der Waals surface area (Å²) in [6.45, 7) is 10.8. The van der Waals surface area contributed by atoms with Crippen LogP contribution in [0.25, 0.3) is 0 Å². The van der Waals surface area contributed by atoms with Gasteiger partial charge >= 0.3 is 0 Å². The standard InChI is InChI=1S/C15H27NO/c1-8-12(5)13(9-2)10-14(17-7)15(16-6)11(3)4/h10-11H,8-9H2,1-7H3/b13-12+,14-10+,16-15?. The van der Waals surface area contributed by atoms with Gasteiger partial charge in [0.15, 0.2) is 0 Å². The zero-order valence-corrected chi connectivity index (χ0v) is 12.4. The molecule has 0 aromatic rings. The highest BCUT2D eigenvalue weighted by Crippen LogP contribution is 2.18. The van der Waals surface area contributed by atoms with E-state index in [1.54, 1.807) is 7.11 Å². The second kappa shape index (κ2) is 8.10. The van der Waals surface area contributed by atoms with Crippen LogP contribution >= 0.6 is 0 Å². The molecule has 0 fully saturated rings. The van der Waals surface area contributed by atoms with Crippen molar-refractivity contribution >= 4 is 5.71 Å². The van der Waals surface area contributed by atoms with Gasteiger partial charge in [0.1, 0.15) is 5.76 Å². The first-order valence-corrected chi connectivity index (χ1v) is 6.43. The Labute approximate surface area is 106 Å². The van der Waals surface area contributed by atoms with Gasteiger partial charge in [-0.1, -0.05) is 33.3 Å². The Balaban J connectivity index is 5.38. The Kier molecular flexibility index (Phi) is 7.60. The number of aliphatic imine (C=N–C) groups is 1. The summed E-state index contributed by atoms with van der Waals surface area (Å²) < 4.78 is 5.49. The topological polar surface area (TPSA) is 21.6 Å². The lowest BCUT2D eigenvalue weighted by molar-refractivity contribution is 0.311. The first kappa shape index (κ1) is 16.0. The Morgan fingerprint density at radius 3 is 2.12 bits per heavy atom. The number of methoxy groups -OCH3 is 1. The third-order valence-corrected chi connectivity index (χ3v) is 3.02. The fraction of sp³-hybridized carbons (Fsp3) is 0.667. The zero-order valence-electron chi connectivity index (χ0n) is 12.4. The fourth-order valence-electron chi connectivity index (χ4n) is 1.80. The summed E-state index contributed by atoms with van der Waals surface area (Å²) in [5.74, 6) is 1.28. The predicted octanol–water partition coefficient (Wildman–Crippen LogP) is 4.38. The first-order valence-electron chi connectivity index (χ1n) is 6.43. The maximum atomic E-state index is 5.49. The number of rotatable bonds is 6. The van der Waals surface area contributed by atoms with E-state index >= 15 is 0 Å². The summed E-state index contributed by atoms with van der Waals surface area (Å²) in [7, 11) is 3.54. The number of hydrogen-bond acceptors (Lipinski definition) is 2. The van der Waals surface area contributed by atoms with Crippen molar-refractivity contribution in [2.45, 2.75) is 47.5 Å². The van der Waals surface area contributed by atoms with Gasteiger partial charge in [-0.2, -0.15) is 0 Å². The molecule has 98 valence electrons. The van der Waals surface area contributed by atoms with Gasteiger partial charge in [-0.05, 0) is 37.3 Å². The lowest BCUT2D eigenvalue weighted by atomic mass is 10.00. The van der Waals surface area contributed by atoms with Gasteiger partial charge in [0.25, 0.3) is 0 Å². The smallest absolute Gasteiger partial charge is 0.140 e. The third kappa shape index (κ3) is 4.76. The van der Waals surface area contributed by atoms with Crippen molar-refractivity contribution in [3.8, 4) is 0 Å². The van der Waals surface area contributed by atoms with E-state index in [1.165, 1.54) is 11.1 Å². The molecule has 0 N–H and O–H groups in total. The predicted molar refractivity (Wildman–Crippen MR) is 76.6 cm³/mol. The maximum absolute atomic E-state index is 5.49. The van der Waals surface area contributed by atoms with Crippen LogP contribution in [0.3, 0.4) is 0 Å². The van der Waals surface area contributed by atoms with Gasteiger partial charge in [-0.15, -0.1) is 0 Å². The van der Waals surface area contributed by atoms with Crippen LogP contribution in [0.1, 0.15) is 47.5 Å². The Bertz CT molecular complexity index is 322. The molecule has 0 saturated carbocycles. The van der Waals surface area contributed by atoms with Crippen molar-refractivity contribution in [3.05, 3.63) is 23.0 Å². The molecule has 0 rings (SSSR count). The lowest BCUT2D eigenvalue weighted by Gasteiger charge is -2.14. The van der Waals surface area contributed by atoms with E-state index in [0.717, 1.165) is 24.3 Å². The highest BCUT2D eigenvalue weighted by atomic mass is 16.5. The number of ether oxygens (including phenoxy) is 1. The largest absolute Gasteiger partial charge is 0.495 e. The normalized spacial score (nSPS) is 15.1. The van der Waals surface area contributed by atoms with Crippen LogP contribution in [0.4, 0.5) is 0 Å². The molecule has 0 bridgehead atoms. The number of hydrogen-bond donors (Lipinski definition) is 0. The summed E-state index contributed by atoms with van der Waals surface area (Å²) in [5.41, 5.74) is 3.80. The van der Waals surface area contributed by atoms with Crippen LogP contribution < -0.4 is 0 Å². The van der Waals surface area contributed by atoms with Gasteiger partial charge in [0, 0.05) is 7.05 Å².